The molecule has 0 aliphatic carbocycles. The summed E-state index contributed by atoms with van der Waals surface area (Å²) in [6, 6.07) is 3.27. The Morgan fingerprint density at radius 2 is 2.30 bits per heavy atom. The zero-order valence-electron chi connectivity index (χ0n) is 5.66. The van der Waals surface area contributed by atoms with E-state index in [1.807, 2.05) is 0 Å². The van der Waals surface area contributed by atoms with Crippen molar-refractivity contribution in [1.29, 1.82) is 0 Å². The van der Waals surface area contributed by atoms with E-state index < -0.39 is 0 Å². The van der Waals surface area contributed by atoms with Crippen LogP contribution in [0.5, 0.6) is 0 Å². The Bertz CT molecular complexity index is 240. The molecule has 10 heavy (non-hydrogen) atoms. The van der Waals surface area contributed by atoms with E-state index in [1.165, 1.54) is 13.1 Å². The minimum absolute atomic E-state index is 0.00694. The molecule has 0 radical (unpaired) electrons. The fraction of sp³-hybridized carbons (Fsp3) is 0.143. The Labute approximate surface area is 58.9 Å². The van der Waals surface area contributed by atoms with Gasteiger partial charge < -0.3 is 5.73 Å². The second kappa shape index (κ2) is 2.47. The lowest BCUT2D eigenvalue weighted by atomic mass is 10.2. The highest BCUT2D eigenvalue weighted by Gasteiger charge is 1.96. The molecule has 0 saturated heterocycles. The molecule has 1 rings (SSSR count). The summed E-state index contributed by atoms with van der Waals surface area (Å²) in [5.41, 5.74) is 5.90. The maximum Gasteiger partial charge on any atom is 0.161 e. The average molecular weight is 136 g/mol. The first kappa shape index (κ1) is 6.74. The van der Waals surface area contributed by atoms with Crippen molar-refractivity contribution in [3.8, 4) is 0 Å². The largest absolute Gasteiger partial charge is 0.384 e. The van der Waals surface area contributed by atoms with E-state index in [4.69, 9.17) is 5.73 Å². The average Bonchev–Trinajstić information content (AvgIpc) is 1.88. The highest BCUT2D eigenvalue weighted by Crippen LogP contribution is 2.00. The van der Waals surface area contributed by atoms with Crippen molar-refractivity contribution < 1.29 is 4.79 Å². The number of carbonyl (C=O) groups is 1. The second-order valence-corrected chi connectivity index (χ2v) is 2.03. The van der Waals surface area contributed by atoms with Gasteiger partial charge in [0.05, 0.1) is 0 Å². The maximum atomic E-state index is 10.7. The summed E-state index contributed by atoms with van der Waals surface area (Å²) in [6.45, 7) is 1.49. The highest BCUT2D eigenvalue weighted by atomic mass is 16.1. The SMILES string of the molecule is CC(=O)c1ccc(N)nc1. The van der Waals surface area contributed by atoms with Crippen LogP contribution in [-0.4, -0.2) is 10.8 Å². The Morgan fingerprint density at radius 3 is 2.70 bits per heavy atom. The van der Waals surface area contributed by atoms with E-state index in [9.17, 15) is 4.79 Å². The predicted molar refractivity (Wildman–Crippen MR) is 38.7 cm³/mol. The van der Waals surface area contributed by atoms with Gasteiger partial charge in [-0.1, -0.05) is 0 Å². The zero-order valence-corrected chi connectivity index (χ0v) is 5.66. The van der Waals surface area contributed by atoms with Gasteiger partial charge in [-0.3, -0.25) is 4.79 Å². The number of pyridine rings is 1. The number of aromatic nitrogens is 1. The standard InChI is InChI=1S/C7H8N2O/c1-5(10)6-2-3-7(8)9-4-6/h2-4H,1H3,(H2,8,9). The number of ketones is 1. The molecular weight excluding hydrogens is 128 g/mol. The van der Waals surface area contributed by atoms with Crippen LogP contribution in [0, 0.1) is 0 Å². The van der Waals surface area contributed by atoms with Gasteiger partial charge >= 0.3 is 0 Å². The lowest BCUT2D eigenvalue weighted by Crippen LogP contribution is -1.95. The summed E-state index contributed by atoms with van der Waals surface area (Å²) in [5.74, 6) is 0.442. The van der Waals surface area contributed by atoms with Gasteiger partial charge in [0.25, 0.3) is 0 Å². The Hall–Kier alpha value is -1.38. The quantitative estimate of drug-likeness (QED) is 0.582. The molecular formula is C7H8N2O. The van der Waals surface area contributed by atoms with E-state index in [2.05, 4.69) is 4.98 Å². The van der Waals surface area contributed by atoms with E-state index in [-0.39, 0.29) is 5.78 Å². The molecule has 0 amide bonds. The maximum absolute atomic E-state index is 10.7. The molecule has 0 fully saturated rings. The van der Waals surface area contributed by atoms with Gasteiger partial charge in [-0.2, -0.15) is 0 Å². The van der Waals surface area contributed by atoms with E-state index in [1.54, 1.807) is 12.1 Å². The molecule has 0 unspecified atom stereocenters. The van der Waals surface area contributed by atoms with Crippen LogP contribution in [-0.2, 0) is 0 Å². The van der Waals surface area contributed by atoms with Crippen LogP contribution in [0.15, 0.2) is 18.3 Å². The fourth-order valence-corrected chi connectivity index (χ4v) is 0.614. The molecule has 0 saturated carbocycles. The van der Waals surface area contributed by atoms with Gasteiger partial charge in [0.2, 0.25) is 0 Å². The summed E-state index contributed by atoms with van der Waals surface area (Å²) in [4.78, 5) is 14.4. The van der Waals surface area contributed by atoms with Crippen LogP contribution in [0.1, 0.15) is 17.3 Å². The van der Waals surface area contributed by atoms with Crippen LogP contribution >= 0.6 is 0 Å². The molecule has 0 bridgehead atoms. The van der Waals surface area contributed by atoms with Crippen molar-refractivity contribution in [2.45, 2.75) is 6.92 Å². The van der Waals surface area contributed by atoms with E-state index in [0.29, 0.717) is 11.4 Å². The molecule has 3 nitrogen and oxygen atoms in total. The van der Waals surface area contributed by atoms with Crippen LogP contribution in [0.3, 0.4) is 0 Å². The minimum atomic E-state index is 0.00694. The second-order valence-electron chi connectivity index (χ2n) is 2.03. The lowest BCUT2D eigenvalue weighted by molar-refractivity contribution is 0.101. The van der Waals surface area contributed by atoms with Crippen molar-refractivity contribution in [2.24, 2.45) is 0 Å². The molecule has 1 heterocycles. The van der Waals surface area contributed by atoms with Gasteiger partial charge in [-0.15, -0.1) is 0 Å². The van der Waals surface area contributed by atoms with Crippen LogP contribution < -0.4 is 5.73 Å². The first-order chi connectivity index (χ1) is 4.70. The number of nitrogens with two attached hydrogens (primary N) is 1. The van der Waals surface area contributed by atoms with Crippen LogP contribution in [0.4, 0.5) is 5.82 Å². The summed E-state index contributed by atoms with van der Waals surface area (Å²) in [5, 5.41) is 0. The summed E-state index contributed by atoms with van der Waals surface area (Å²) in [7, 11) is 0. The van der Waals surface area contributed by atoms with Crippen molar-refractivity contribution in [1.82, 2.24) is 4.98 Å². The third kappa shape index (κ3) is 1.31. The first-order valence-electron chi connectivity index (χ1n) is 2.92. The molecule has 0 spiro atoms. The normalized spacial score (nSPS) is 9.30. The van der Waals surface area contributed by atoms with E-state index >= 15 is 0 Å². The lowest BCUT2D eigenvalue weighted by Gasteiger charge is -1.93. The zero-order chi connectivity index (χ0) is 7.56. The molecule has 0 aliphatic heterocycles. The molecule has 0 aliphatic rings. The smallest absolute Gasteiger partial charge is 0.161 e. The molecule has 3 heteroatoms. The number of hydrogen-bond acceptors (Lipinski definition) is 3. The summed E-state index contributed by atoms with van der Waals surface area (Å²) >= 11 is 0. The predicted octanol–water partition coefficient (Wildman–Crippen LogP) is 0.866. The van der Waals surface area contributed by atoms with Gasteiger partial charge in [0.1, 0.15) is 5.82 Å². The number of nitrogen functional groups attached to an aromatic ring is 1. The summed E-state index contributed by atoms with van der Waals surface area (Å²) < 4.78 is 0. The molecule has 1 aromatic heterocycles. The molecule has 0 aromatic carbocycles. The van der Waals surface area contributed by atoms with Crippen molar-refractivity contribution >= 4 is 11.6 Å². The first-order valence-corrected chi connectivity index (χ1v) is 2.92. The third-order valence-corrected chi connectivity index (χ3v) is 1.19. The van der Waals surface area contributed by atoms with Gasteiger partial charge in [0, 0.05) is 11.8 Å². The number of anilines is 1. The van der Waals surface area contributed by atoms with Crippen molar-refractivity contribution in [3.63, 3.8) is 0 Å². The summed E-state index contributed by atoms with van der Waals surface area (Å²) in [6.07, 6.45) is 1.47. The molecule has 1 aromatic rings. The van der Waals surface area contributed by atoms with Crippen molar-refractivity contribution in [3.05, 3.63) is 23.9 Å². The van der Waals surface area contributed by atoms with Gasteiger partial charge in [-0.05, 0) is 19.1 Å². The van der Waals surface area contributed by atoms with Gasteiger partial charge in [0.15, 0.2) is 5.78 Å². The Kier molecular flexibility index (Phi) is 1.67. The van der Waals surface area contributed by atoms with Crippen molar-refractivity contribution in [2.75, 3.05) is 5.73 Å². The molecule has 52 valence electrons. The minimum Gasteiger partial charge on any atom is -0.384 e. The third-order valence-electron chi connectivity index (χ3n) is 1.19. The number of carbonyl (C=O) groups excluding carboxylic acids is 1. The molecule has 0 atom stereocenters. The number of Topliss-reactive ketones (excluding diaryl/α,β-unsaturated/α-hetero) is 1. The van der Waals surface area contributed by atoms with Crippen LogP contribution in [0.2, 0.25) is 0 Å². The number of rotatable bonds is 1. The number of hydrogen-bond donors (Lipinski definition) is 1. The van der Waals surface area contributed by atoms with Gasteiger partial charge in [-0.25, -0.2) is 4.98 Å². The van der Waals surface area contributed by atoms with E-state index in [0.717, 1.165) is 0 Å². The molecule has 2 N–H and O–H groups in total. The highest BCUT2D eigenvalue weighted by molar-refractivity contribution is 5.93. The Balaban J connectivity index is 3.00. The monoisotopic (exact) mass is 136 g/mol. The number of nitrogens with zero attached hydrogens (tertiary/aromatic N) is 1. The topological polar surface area (TPSA) is 56.0 Å². The van der Waals surface area contributed by atoms with Crippen LogP contribution in [0.25, 0.3) is 0 Å². The fourth-order valence-electron chi connectivity index (χ4n) is 0.614. The Morgan fingerprint density at radius 1 is 1.60 bits per heavy atom.